The van der Waals surface area contributed by atoms with Crippen molar-refractivity contribution in [3.63, 3.8) is 0 Å². The highest BCUT2D eigenvalue weighted by atomic mass is 35.5. The van der Waals surface area contributed by atoms with Gasteiger partial charge in [0.05, 0.1) is 30.6 Å². The fraction of sp³-hybridized carbons (Fsp3) is 0.146. The Kier molecular flexibility index (Phi) is 12.0. The van der Waals surface area contributed by atoms with Gasteiger partial charge in [0.25, 0.3) is 5.91 Å². The molecular weight excluding hydrogens is 696 g/mol. The van der Waals surface area contributed by atoms with Crippen LogP contribution in [-0.2, 0) is 13.2 Å². The molecule has 0 aliphatic heterocycles. The Hall–Kier alpha value is -5.84. The monoisotopic (exact) mass is 732 g/mol. The first kappa shape index (κ1) is 36.0. The first-order valence-electron chi connectivity index (χ1n) is 16.5. The van der Waals surface area contributed by atoms with E-state index in [2.05, 4.69) is 27.8 Å². The van der Waals surface area contributed by atoms with Crippen molar-refractivity contribution in [1.29, 1.82) is 0 Å². The number of ether oxygens (including phenoxy) is 4. The molecule has 1 aromatic heterocycles. The number of halogens is 1. The fourth-order valence-corrected chi connectivity index (χ4v) is 6.14. The van der Waals surface area contributed by atoms with Crippen LogP contribution in [0.2, 0.25) is 5.02 Å². The molecule has 9 nitrogen and oxygen atoms in total. The minimum atomic E-state index is -0.358. The SMILES string of the molecule is CCOc1cc(COc2c(Cl)cc(/C=N/NC(=O)c3ccc(-c4csc(Nc5ccc(C)cc5)n4)cc3)cc2OC)ccc1OCc1ccccc1. The van der Waals surface area contributed by atoms with Gasteiger partial charge in [0.15, 0.2) is 28.1 Å². The predicted molar refractivity (Wildman–Crippen MR) is 208 cm³/mol. The molecule has 0 bridgehead atoms. The van der Waals surface area contributed by atoms with E-state index >= 15 is 0 Å². The van der Waals surface area contributed by atoms with Gasteiger partial charge in [-0.25, -0.2) is 10.4 Å². The van der Waals surface area contributed by atoms with Crippen molar-refractivity contribution >= 4 is 45.9 Å². The second kappa shape index (κ2) is 17.4. The largest absolute Gasteiger partial charge is 0.493 e. The number of aryl methyl sites for hydroxylation is 1. The third-order valence-corrected chi connectivity index (χ3v) is 8.85. The van der Waals surface area contributed by atoms with Crippen LogP contribution in [0, 0.1) is 6.92 Å². The zero-order valence-electron chi connectivity index (χ0n) is 28.9. The number of methoxy groups -OCH3 is 1. The minimum Gasteiger partial charge on any atom is -0.493 e. The second-order valence-corrected chi connectivity index (χ2v) is 12.9. The molecule has 52 heavy (non-hydrogen) atoms. The smallest absolute Gasteiger partial charge is 0.271 e. The maximum absolute atomic E-state index is 12.8. The molecule has 0 aliphatic carbocycles. The highest BCUT2D eigenvalue weighted by molar-refractivity contribution is 7.14. The highest BCUT2D eigenvalue weighted by Gasteiger charge is 2.14. The van der Waals surface area contributed by atoms with E-state index in [4.69, 9.17) is 30.5 Å². The summed E-state index contributed by atoms with van der Waals surface area (Å²) in [5.74, 6) is 1.72. The van der Waals surface area contributed by atoms with Crippen LogP contribution in [0.1, 0.15) is 39.5 Å². The highest BCUT2D eigenvalue weighted by Crippen LogP contribution is 2.37. The van der Waals surface area contributed by atoms with E-state index in [0.717, 1.165) is 33.2 Å². The van der Waals surface area contributed by atoms with Gasteiger partial charge in [-0.2, -0.15) is 5.10 Å². The molecule has 0 atom stereocenters. The Morgan fingerprint density at radius 2 is 1.62 bits per heavy atom. The van der Waals surface area contributed by atoms with Crippen LogP contribution in [0.5, 0.6) is 23.0 Å². The molecule has 0 saturated heterocycles. The van der Waals surface area contributed by atoms with Crippen molar-refractivity contribution in [2.24, 2.45) is 5.10 Å². The van der Waals surface area contributed by atoms with Crippen LogP contribution in [0.3, 0.4) is 0 Å². The number of hydrogen-bond acceptors (Lipinski definition) is 9. The third-order valence-electron chi connectivity index (χ3n) is 7.81. The average Bonchev–Trinajstić information content (AvgIpc) is 3.63. The number of anilines is 2. The summed E-state index contributed by atoms with van der Waals surface area (Å²) in [7, 11) is 1.53. The van der Waals surface area contributed by atoms with Gasteiger partial charge in [0, 0.05) is 22.2 Å². The number of benzene rings is 5. The molecule has 0 saturated carbocycles. The first-order valence-corrected chi connectivity index (χ1v) is 17.8. The van der Waals surface area contributed by atoms with Gasteiger partial charge in [0.2, 0.25) is 0 Å². The Morgan fingerprint density at radius 3 is 2.37 bits per heavy atom. The van der Waals surface area contributed by atoms with E-state index in [1.807, 2.05) is 97.2 Å². The average molecular weight is 733 g/mol. The molecular formula is C41H37ClN4O5S. The summed E-state index contributed by atoms with van der Waals surface area (Å²) in [6, 6.07) is 34.4. The molecule has 0 unspecified atom stereocenters. The van der Waals surface area contributed by atoms with E-state index in [1.54, 1.807) is 24.3 Å². The summed E-state index contributed by atoms with van der Waals surface area (Å²) in [6.45, 7) is 5.11. The molecule has 11 heteroatoms. The summed E-state index contributed by atoms with van der Waals surface area (Å²) >= 11 is 8.14. The van der Waals surface area contributed by atoms with Gasteiger partial charge >= 0.3 is 0 Å². The van der Waals surface area contributed by atoms with Crippen molar-refractivity contribution in [3.05, 3.63) is 147 Å². The maximum Gasteiger partial charge on any atom is 0.271 e. The number of hydrazone groups is 1. The number of aromatic nitrogens is 1. The Morgan fingerprint density at radius 1 is 0.846 bits per heavy atom. The van der Waals surface area contributed by atoms with Gasteiger partial charge in [0.1, 0.15) is 13.2 Å². The quantitative estimate of drug-likeness (QED) is 0.0800. The molecule has 6 rings (SSSR count). The van der Waals surface area contributed by atoms with E-state index in [0.29, 0.717) is 52.4 Å². The summed E-state index contributed by atoms with van der Waals surface area (Å²) in [4.78, 5) is 17.5. The summed E-state index contributed by atoms with van der Waals surface area (Å²) in [5, 5.41) is 10.6. The number of hydrogen-bond donors (Lipinski definition) is 2. The molecule has 0 radical (unpaired) electrons. The molecule has 2 N–H and O–H groups in total. The maximum atomic E-state index is 12.8. The number of nitrogens with zero attached hydrogens (tertiary/aromatic N) is 2. The van der Waals surface area contributed by atoms with Crippen molar-refractivity contribution < 1.29 is 23.7 Å². The Labute approximate surface area is 311 Å². The standard InChI is InChI=1S/C41H37ClN4O5S/c1-4-49-37-21-29(12-19-36(37)50-24-28-8-6-5-7-9-28)25-51-39-34(42)20-30(22-38(39)48-3)23-43-46-40(47)32-15-13-31(14-16-32)35-26-52-41(45-35)44-33-17-10-27(2)11-18-33/h5-23,26H,4,24-25H2,1-3H3,(H,44,45)(H,46,47)/b43-23+. The number of nitrogens with one attached hydrogen (secondary N) is 2. The Balaban J connectivity index is 1.04. The lowest BCUT2D eigenvalue weighted by Crippen LogP contribution is -2.17. The topological polar surface area (TPSA) is 103 Å². The van der Waals surface area contributed by atoms with Crippen molar-refractivity contribution in [2.45, 2.75) is 27.1 Å². The first-order chi connectivity index (χ1) is 25.4. The van der Waals surface area contributed by atoms with Crippen LogP contribution < -0.4 is 29.7 Å². The molecule has 264 valence electrons. The summed E-state index contributed by atoms with van der Waals surface area (Å²) in [6.07, 6.45) is 1.49. The van der Waals surface area contributed by atoms with Crippen LogP contribution in [0.4, 0.5) is 10.8 Å². The van der Waals surface area contributed by atoms with Gasteiger partial charge in [-0.1, -0.05) is 77.8 Å². The lowest BCUT2D eigenvalue weighted by Gasteiger charge is -2.16. The van der Waals surface area contributed by atoms with Crippen molar-refractivity contribution in [1.82, 2.24) is 10.4 Å². The van der Waals surface area contributed by atoms with Gasteiger partial charge < -0.3 is 24.3 Å². The second-order valence-electron chi connectivity index (χ2n) is 11.6. The van der Waals surface area contributed by atoms with Crippen molar-refractivity contribution in [3.8, 4) is 34.3 Å². The number of rotatable bonds is 15. The van der Waals surface area contributed by atoms with Gasteiger partial charge in [-0.15, -0.1) is 11.3 Å². The molecule has 1 amide bonds. The zero-order valence-corrected chi connectivity index (χ0v) is 30.5. The molecule has 5 aromatic carbocycles. The molecule has 6 aromatic rings. The number of carbonyl (C=O) groups excluding carboxylic acids is 1. The fourth-order valence-electron chi connectivity index (χ4n) is 5.12. The van der Waals surface area contributed by atoms with Crippen LogP contribution in [-0.4, -0.2) is 30.8 Å². The summed E-state index contributed by atoms with van der Waals surface area (Å²) in [5.41, 5.74) is 9.46. The zero-order chi connectivity index (χ0) is 36.3. The number of carbonyl (C=O) groups is 1. The molecule has 0 fully saturated rings. The third kappa shape index (κ3) is 9.48. The van der Waals surface area contributed by atoms with E-state index in [1.165, 1.54) is 30.2 Å². The lowest BCUT2D eigenvalue weighted by molar-refractivity contribution is 0.0955. The molecule has 1 heterocycles. The van der Waals surface area contributed by atoms with Crippen LogP contribution >= 0.6 is 22.9 Å². The summed E-state index contributed by atoms with van der Waals surface area (Å²) < 4.78 is 23.6. The van der Waals surface area contributed by atoms with Crippen LogP contribution in [0.25, 0.3) is 11.3 Å². The predicted octanol–water partition coefficient (Wildman–Crippen LogP) is 9.84. The normalized spacial score (nSPS) is 10.9. The molecule has 0 aliphatic rings. The number of amides is 1. The molecule has 0 spiro atoms. The minimum absolute atomic E-state index is 0.214. The van der Waals surface area contributed by atoms with E-state index in [-0.39, 0.29) is 12.5 Å². The Bertz CT molecular complexity index is 2140. The van der Waals surface area contributed by atoms with E-state index < -0.39 is 0 Å². The lowest BCUT2D eigenvalue weighted by atomic mass is 10.1. The number of thiazole rings is 1. The van der Waals surface area contributed by atoms with E-state index in [9.17, 15) is 4.79 Å². The van der Waals surface area contributed by atoms with Gasteiger partial charge in [-0.3, -0.25) is 4.79 Å². The van der Waals surface area contributed by atoms with Crippen molar-refractivity contribution in [2.75, 3.05) is 19.0 Å². The van der Waals surface area contributed by atoms with Crippen LogP contribution in [0.15, 0.2) is 120 Å². The van der Waals surface area contributed by atoms with Gasteiger partial charge in [-0.05, 0) is 79.1 Å².